The number of hydrogen-bond donors (Lipinski definition) is 2. The first-order valence-corrected chi connectivity index (χ1v) is 7.40. The molecule has 2 N–H and O–H groups in total. The summed E-state index contributed by atoms with van der Waals surface area (Å²) in [6.45, 7) is 8.73. The van der Waals surface area contributed by atoms with Crippen molar-refractivity contribution in [1.82, 2.24) is 10.6 Å². The van der Waals surface area contributed by atoms with Crippen LogP contribution >= 0.6 is 0 Å². The Hall–Kier alpha value is -1.71. The minimum Gasteiger partial charge on any atom is -0.494 e. The van der Waals surface area contributed by atoms with Gasteiger partial charge in [-0.2, -0.15) is 0 Å². The first-order chi connectivity index (χ1) is 9.60. The van der Waals surface area contributed by atoms with E-state index < -0.39 is 0 Å². The molecule has 0 saturated carbocycles. The Morgan fingerprint density at radius 3 is 2.25 bits per heavy atom. The largest absolute Gasteiger partial charge is 0.494 e. The molecule has 1 rings (SSSR count). The number of carbonyl (C=O) groups excluding carboxylic acids is 1. The van der Waals surface area contributed by atoms with Crippen molar-refractivity contribution in [3.63, 3.8) is 0 Å². The third-order valence-corrected chi connectivity index (χ3v) is 3.30. The molecule has 0 saturated heterocycles. The van der Waals surface area contributed by atoms with Crippen LogP contribution in [-0.2, 0) is 0 Å². The van der Waals surface area contributed by atoms with E-state index in [4.69, 9.17) is 4.74 Å². The van der Waals surface area contributed by atoms with Crippen LogP contribution in [0.3, 0.4) is 0 Å². The summed E-state index contributed by atoms with van der Waals surface area (Å²) in [5.41, 5.74) is 1.09. The zero-order valence-electron chi connectivity index (χ0n) is 12.9. The summed E-state index contributed by atoms with van der Waals surface area (Å²) in [4.78, 5) is 11.9. The van der Waals surface area contributed by atoms with Crippen molar-refractivity contribution in [2.24, 2.45) is 0 Å². The van der Waals surface area contributed by atoms with E-state index in [1.807, 2.05) is 38.1 Å². The second kappa shape index (κ2) is 8.46. The molecule has 20 heavy (non-hydrogen) atoms. The van der Waals surface area contributed by atoms with E-state index in [1.54, 1.807) is 0 Å². The second-order valence-electron chi connectivity index (χ2n) is 4.89. The molecule has 1 aromatic rings. The fourth-order valence-electron chi connectivity index (χ4n) is 1.91. The number of carbonyl (C=O) groups is 1. The molecular formula is C16H26N2O2. The summed E-state index contributed by atoms with van der Waals surface area (Å²) in [6.07, 6.45) is 1.77. The molecule has 1 aromatic carbocycles. The van der Waals surface area contributed by atoms with Gasteiger partial charge in [-0.15, -0.1) is 0 Å². The Bertz CT molecular complexity index is 403. The van der Waals surface area contributed by atoms with Crippen molar-refractivity contribution in [2.45, 2.75) is 52.6 Å². The average molecular weight is 278 g/mol. The first-order valence-electron chi connectivity index (χ1n) is 7.40. The highest BCUT2D eigenvalue weighted by Gasteiger charge is 2.13. The van der Waals surface area contributed by atoms with E-state index in [2.05, 4.69) is 24.5 Å². The number of rotatable bonds is 7. The smallest absolute Gasteiger partial charge is 0.315 e. The lowest BCUT2D eigenvalue weighted by Gasteiger charge is -2.20. The van der Waals surface area contributed by atoms with E-state index in [9.17, 15) is 4.79 Å². The number of nitrogens with one attached hydrogen (secondary N) is 2. The lowest BCUT2D eigenvalue weighted by Crippen LogP contribution is -2.42. The topological polar surface area (TPSA) is 50.4 Å². The molecule has 0 unspecified atom stereocenters. The van der Waals surface area contributed by atoms with E-state index in [1.165, 1.54) is 0 Å². The van der Waals surface area contributed by atoms with Crippen LogP contribution in [-0.4, -0.2) is 18.7 Å². The van der Waals surface area contributed by atoms with Gasteiger partial charge in [0.2, 0.25) is 0 Å². The molecule has 4 heteroatoms. The minimum atomic E-state index is -0.111. The molecule has 0 aliphatic carbocycles. The highest BCUT2D eigenvalue weighted by atomic mass is 16.5. The number of amides is 2. The van der Waals surface area contributed by atoms with Crippen LogP contribution < -0.4 is 15.4 Å². The molecule has 2 amide bonds. The molecule has 0 heterocycles. The minimum absolute atomic E-state index is 0.0229. The Balaban J connectivity index is 2.63. The molecule has 0 spiro atoms. The monoisotopic (exact) mass is 278 g/mol. The van der Waals surface area contributed by atoms with E-state index >= 15 is 0 Å². The maximum Gasteiger partial charge on any atom is 0.315 e. The van der Waals surface area contributed by atoms with E-state index in [0.717, 1.165) is 24.2 Å². The maximum absolute atomic E-state index is 11.9. The van der Waals surface area contributed by atoms with Gasteiger partial charge in [0, 0.05) is 6.04 Å². The van der Waals surface area contributed by atoms with Crippen molar-refractivity contribution in [3.8, 4) is 5.75 Å². The zero-order valence-corrected chi connectivity index (χ0v) is 12.9. The van der Waals surface area contributed by atoms with Crippen molar-refractivity contribution in [2.75, 3.05) is 6.61 Å². The van der Waals surface area contributed by atoms with Crippen LogP contribution in [0.1, 0.15) is 52.1 Å². The van der Waals surface area contributed by atoms with Crippen LogP contribution in [0.2, 0.25) is 0 Å². The Labute approximate surface area is 121 Å². The van der Waals surface area contributed by atoms with Gasteiger partial charge < -0.3 is 15.4 Å². The predicted molar refractivity (Wildman–Crippen MR) is 82.1 cm³/mol. The van der Waals surface area contributed by atoms with Crippen LogP contribution in [0.15, 0.2) is 24.3 Å². The second-order valence-corrected chi connectivity index (χ2v) is 4.89. The lowest BCUT2D eigenvalue weighted by atomic mass is 10.0. The van der Waals surface area contributed by atoms with Gasteiger partial charge in [0.05, 0.1) is 12.6 Å². The molecule has 2 atom stereocenters. The number of benzene rings is 1. The summed E-state index contributed by atoms with van der Waals surface area (Å²) in [5, 5.41) is 5.93. The normalized spacial score (nSPS) is 13.4. The molecule has 0 aromatic heterocycles. The van der Waals surface area contributed by atoms with Crippen LogP contribution in [0, 0.1) is 0 Å². The summed E-state index contributed by atoms with van der Waals surface area (Å²) >= 11 is 0. The number of hydrogen-bond acceptors (Lipinski definition) is 2. The fraction of sp³-hybridized carbons (Fsp3) is 0.562. The van der Waals surface area contributed by atoms with Crippen LogP contribution in [0.25, 0.3) is 0 Å². The summed E-state index contributed by atoms with van der Waals surface area (Å²) in [5.74, 6) is 0.857. The molecule has 0 radical (unpaired) electrons. The first kappa shape index (κ1) is 16.3. The van der Waals surface area contributed by atoms with Gasteiger partial charge in [0.15, 0.2) is 0 Å². The van der Waals surface area contributed by atoms with Crippen molar-refractivity contribution >= 4 is 6.03 Å². The van der Waals surface area contributed by atoms with Crippen molar-refractivity contribution < 1.29 is 9.53 Å². The van der Waals surface area contributed by atoms with Gasteiger partial charge in [-0.1, -0.05) is 26.0 Å². The van der Waals surface area contributed by atoms with Gasteiger partial charge in [-0.3, -0.25) is 0 Å². The van der Waals surface area contributed by atoms with Gasteiger partial charge in [-0.05, 0) is 44.4 Å². The summed E-state index contributed by atoms with van der Waals surface area (Å²) in [6, 6.07) is 7.99. The number of urea groups is 1. The zero-order chi connectivity index (χ0) is 15.0. The van der Waals surface area contributed by atoms with E-state index in [0.29, 0.717) is 6.61 Å². The van der Waals surface area contributed by atoms with Crippen LogP contribution in [0.4, 0.5) is 4.79 Å². The SMILES string of the molecule is CCOc1ccc([C@H](CC)NC(=O)N[C@H](C)CC)cc1. The fourth-order valence-corrected chi connectivity index (χ4v) is 1.91. The standard InChI is InChI=1S/C16H26N2O2/c1-5-12(4)17-16(19)18-15(6-2)13-8-10-14(11-9-13)20-7-3/h8-12,15H,5-7H2,1-4H3,(H2,17,18,19)/t12-,15+/m1/s1. The number of ether oxygens (including phenoxy) is 1. The van der Waals surface area contributed by atoms with Gasteiger partial charge in [0.25, 0.3) is 0 Å². The van der Waals surface area contributed by atoms with Crippen molar-refractivity contribution in [3.05, 3.63) is 29.8 Å². The molecule has 0 aliphatic rings. The predicted octanol–water partition coefficient (Wildman–Crippen LogP) is 3.63. The maximum atomic E-state index is 11.9. The van der Waals surface area contributed by atoms with Crippen LogP contribution in [0.5, 0.6) is 5.75 Å². The molecular weight excluding hydrogens is 252 g/mol. The highest BCUT2D eigenvalue weighted by molar-refractivity contribution is 5.74. The van der Waals surface area contributed by atoms with Gasteiger partial charge >= 0.3 is 6.03 Å². The summed E-state index contributed by atoms with van der Waals surface area (Å²) in [7, 11) is 0. The highest BCUT2D eigenvalue weighted by Crippen LogP contribution is 2.20. The Kier molecular flexibility index (Phi) is 6.91. The van der Waals surface area contributed by atoms with E-state index in [-0.39, 0.29) is 18.1 Å². The molecule has 0 fully saturated rings. The third kappa shape index (κ3) is 5.11. The average Bonchev–Trinajstić information content (AvgIpc) is 2.46. The van der Waals surface area contributed by atoms with Crippen molar-refractivity contribution in [1.29, 1.82) is 0 Å². The Morgan fingerprint density at radius 2 is 1.75 bits per heavy atom. The van der Waals surface area contributed by atoms with Gasteiger partial charge in [-0.25, -0.2) is 4.79 Å². The summed E-state index contributed by atoms with van der Waals surface area (Å²) < 4.78 is 5.42. The lowest BCUT2D eigenvalue weighted by molar-refractivity contribution is 0.233. The molecule has 0 bridgehead atoms. The molecule has 112 valence electrons. The Morgan fingerprint density at radius 1 is 1.10 bits per heavy atom. The third-order valence-electron chi connectivity index (χ3n) is 3.30. The molecule has 0 aliphatic heterocycles. The van der Waals surface area contributed by atoms with Gasteiger partial charge in [0.1, 0.15) is 5.75 Å². The molecule has 4 nitrogen and oxygen atoms in total. The quantitative estimate of drug-likeness (QED) is 0.800.